The maximum Gasteiger partial charge on any atom is 0.320 e. The largest absolute Gasteiger partial charge is 0.324 e. The Balaban J connectivity index is 1.66. The van der Waals surface area contributed by atoms with Crippen molar-refractivity contribution in [2.45, 2.75) is 37.0 Å². The minimum absolute atomic E-state index is 0.0829. The van der Waals surface area contributed by atoms with E-state index in [0.717, 1.165) is 24.8 Å². The highest BCUT2D eigenvalue weighted by Crippen LogP contribution is 2.43. The Morgan fingerprint density at radius 1 is 1.17 bits per heavy atom. The molecule has 0 N–H and O–H groups in total. The maximum absolute atomic E-state index is 12.6. The van der Waals surface area contributed by atoms with Crippen molar-refractivity contribution in [3.05, 3.63) is 35.9 Å². The molecule has 2 aliphatic rings. The Hall–Kier alpha value is -1.56. The number of sulfone groups is 1. The normalized spacial score (nSPS) is 22.2. The zero-order chi connectivity index (χ0) is 16.5. The molecule has 1 aromatic carbocycles. The van der Waals surface area contributed by atoms with Crippen LogP contribution in [0.5, 0.6) is 0 Å². The lowest BCUT2D eigenvalue weighted by Crippen LogP contribution is -2.46. The van der Waals surface area contributed by atoms with Crippen LogP contribution in [0, 0.1) is 0 Å². The van der Waals surface area contributed by atoms with Gasteiger partial charge in [0.25, 0.3) is 0 Å². The van der Waals surface area contributed by atoms with Gasteiger partial charge in [-0.2, -0.15) is 0 Å². The molecular formula is C17H24N2O3S. The number of hydrogen-bond acceptors (Lipinski definition) is 3. The van der Waals surface area contributed by atoms with E-state index in [1.807, 2.05) is 30.3 Å². The summed E-state index contributed by atoms with van der Waals surface area (Å²) in [6.45, 7) is 1.38. The molecule has 1 aromatic rings. The molecule has 1 aliphatic carbocycles. The zero-order valence-electron chi connectivity index (χ0n) is 13.6. The monoisotopic (exact) mass is 336 g/mol. The Labute approximate surface area is 138 Å². The molecule has 23 heavy (non-hydrogen) atoms. The lowest BCUT2D eigenvalue weighted by atomic mass is 9.81. The van der Waals surface area contributed by atoms with E-state index in [-0.39, 0.29) is 11.8 Å². The van der Waals surface area contributed by atoms with Gasteiger partial charge in [-0.15, -0.1) is 0 Å². The van der Waals surface area contributed by atoms with Crippen LogP contribution in [0.2, 0.25) is 0 Å². The van der Waals surface area contributed by atoms with Crippen LogP contribution >= 0.6 is 0 Å². The van der Waals surface area contributed by atoms with Crippen LogP contribution < -0.4 is 0 Å². The van der Waals surface area contributed by atoms with E-state index in [4.69, 9.17) is 0 Å². The number of benzene rings is 1. The third-order valence-corrected chi connectivity index (χ3v) is 7.90. The molecule has 1 aliphatic heterocycles. The van der Waals surface area contributed by atoms with E-state index >= 15 is 0 Å². The molecule has 1 saturated carbocycles. The van der Waals surface area contributed by atoms with Crippen molar-refractivity contribution in [1.82, 2.24) is 9.80 Å². The molecule has 0 atom stereocenters. The number of hydrogen-bond donors (Lipinski definition) is 0. The highest BCUT2D eigenvalue weighted by Gasteiger charge is 2.50. The van der Waals surface area contributed by atoms with Gasteiger partial charge >= 0.3 is 6.03 Å². The second-order valence-corrected chi connectivity index (χ2v) is 9.22. The molecular weight excluding hydrogens is 312 g/mol. The minimum Gasteiger partial charge on any atom is -0.324 e. The molecule has 1 saturated heterocycles. The van der Waals surface area contributed by atoms with Crippen molar-refractivity contribution >= 4 is 15.9 Å². The first-order chi connectivity index (χ1) is 10.9. The minimum atomic E-state index is -3.09. The van der Waals surface area contributed by atoms with Gasteiger partial charge in [-0.3, -0.25) is 0 Å². The molecule has 2 amide bonds. The third kappa shape index (κ3) is 3.09. The van der Waals surface area contributed by atoms with Crippen LogP contribution in [0.1, 0.15) is 31.2 Å². The number of urea groups is 1. The molecule has 126 valence electrons. The van der Waals surface area contributed by atoms with E-state index in [9.17, 15) is 13.2 Å². The quantitative estimate of drug-likeness (QED) is 0.832. The van der Waals surface area contributed by atoms with Crippen LogP contribution in [-0.2, 0) is 16.4 Å². The van der Waals surface area contributed by atoms with Gasteiger partial charge < -0.3 is 9.80 Å². The van der Waals surface area contributed by atoms with Gasteiger partial charge in [0.1, 0.15) is 0 Å². The zero-order valence-corrected chi connectivity index (χ0v) is 14.4. The summed E-state index contributed by atoms with van der Waals surface area (Å²) in [4.78, 5) is 16.0. The van der Waals surface area contributed by atoms with Gasteiger partial charge in [-0.25, -0.2) is 13.2 Å². The topological polar surface area (TPSA) is 57.7 Å². The SMILES string of the molecule is CN(Cc1ccccc1)C(=O)N1CCC2(CCC2)S(=O)(=O)CC1. The summed E-state index contributed by atoms with van der Waals surface area (Å²) >= 11 is 0. The van der Waals surface area contributed by atoms with E-state index < -0.39 is 14.6 Å². The van der Waals surface area contributed by atoms with Gasteiger partial charge in [0.05, 0.1) is 10.5 Å². The summed E-state index contributed by atoms with van der Waals surface area (Å²) in [7, 11) is -1.31. The summed E-state index contributed by atoms with van der Waals surface area (Å²) < 4.78 is 24.4. The maximum atomic E-state index is 12.6. The Bertz CT molecular complexity index is 668. The summed E-state index contributed by atoms with van der Waals surface area (Å²) in [5.74, 6) is 0.0952. The molecule has 2 fully saturated rings. The summed E-state index contributed by atoms with van der Waals surface area (Å²) in [5, 5.41) is 0. The Morgan fingerprint density at radius 3 is 2.48 bits per heavy atom. The predicted octanol–water partition coefficient (Wildman–Crippen LogP) is 2.28. The van der Waals surface area contributed by atoms with Crippen LogP contribution in [-0.4, -0.2) is 54.9 Å². The third-order valence-electron chi connectivity index (χ3n) is 5.25. The molecule has 0 bridgehead atoms. The first kappa shape index (κ1) is 16.3. The lowest BCUT2D eigenvalue weighted by Gasteiger charge is -2.40. The van der Waals surface area contributed by atoms with E-state index in [1.54, 1.807) is 16.8 Å². The molecule has 0 aromatic heterocycles. The van der Waals surface area contributed by atoms with Gasteiger partial charge in [0.2, 0.25) is 0 Å². The Morgan fingerprint density at radius 2 is 1.87 bits per heavy atom. The molecule has 6 heteroatoms. The molecule has 0 unspecified atom stereocenters. The molecule has 1 spiro atoms. The van der Waals surface area contributed by atoms with Crippen LogP contribution in [0.25, 0.3) is 0 Å². The first-order valence-electron chi connectivity index (χ1n) is 8.20. The highest BCUT2D eigenvalue weighted by atomic mass is 32.2. The van der Waals surface area contributed by atoms with Crippen molar-refractivity contribution in [3.63, 3.8) is 0 Å². The number of rotatable bonds is 2. The van der Waals surface area contributed by atoms with E-state index in [0.29, 0.717) is 26.1 Å². The van der Waals surface area contributed by atoms with Gasteiger partial charge in [0.15, 0.2) is 9.84 Å². The summed E-state index contributed by atoms with van der Waals surface area (Å²) in [6.07, 6.45) is 3.09. The van der Waals surface area contributed by atoms with Crippen molar-refractivity contribution in [1.29, 1.82) is 0 Å². The van der Waals surface area contributed by atoms with Gasteiger partial charge in [0, 0.05) is 26.7 Å². The highest BCUT2D eigenvalue weighted by molar-refractivity contribution is 7.92. The molecule has 0 radical (unpaired) electrons. The predicted molar refractivity (Wildman–Crippen MR) is 89.9 cm³/mol. The Kier molecular flexibility index (Phi) is 4.36. The molecule has 1 heterocycles. The fraction of sp³-hybridized carbons (Fsp3) is 0.588. The van der Waals surface area contributed by atoms with Crippen LogP contribution in [0.4, 0.5) is 4.79 Å². The molecule has 3 rings (SSSR count). The van der Waals surface area contributed by atoms with Gasteiger partial charge in [-0.05, 0) is 24.8 Å². The second kappa shape index (κ2) is 6.15. The summed E-state index contributed by atoms with van der Waals surface area (Å²) in [5.41, 5.74) is 1.07. The van der Waals surface area contributed by atoms with E-state index in [1.165, 1.54) is 0 Å². The number of amides is 2. The standard InChI is InChI=1S/C17H24N2O3S/c1-18(14-15-6-3-2-4-7-15)16(20)19-11-10-17(8-5-9-17)23(21,22)13-12-19/h2-4,6-7H,5,8-14H2,1H3. The van der Waals surface area contributed by atoms with Crippen molar-refractivity contribution in [3.8, 4) is 0 Å². The van der Waals surface area contributed by atoms with Gasteiger partial charge in [-0.1, -0.05) is 36.8 Å². The smallest absolute Gasteiger partial charge is 0.320 e. The fourth-order valence-corrected chi connectivity index (χ4v) is 5.75. The van der Waals surface area contributed by atoms with E-state index in [2.05, 4.69) is 0 Å². The first-order valence-corrected chi connectivity index (χ1v) is 9.85. The fourth-order valence-electron chi connectivity index (χ4n) is 3.54. The second-order valence-electron chi connectivity index (χ2n) is 6.72. The lowest BCUT2D eigenvalue weighted by molar-refractivity contribution is 0.160. The van der Waals surface area contributed by atoms with Crippen LogP contribution in [0.3, 0.4) is 0 Å². The summed E-state index contributed by atoms with van der Waals surface area (Å²) in [6, 6.07) is 9.74. The average molecular weight is 336 g/mol. The van der Waals surface area contributed by atoms with Crippen LogP contribution in [0.15, 0.2) is 30.3 Å². The van der Waals surface area contributed by atoms with Crippen molar-refractivity contribution in [2.75, 3.05) is 25.9 Å². The number of carbonyl (C=O) groups is 1. The average Bonchev–Trinajstić information content (AvgIpc) is 2.63. The molecule has 5 nitrogen and oxygen atoms in total. The number of carbonyl (C=O) groups excluding carboxylic acids is 1. The van der Waals surface area contributed by atoms with Crippen molar-refractivity contribution in [2.24, 2.45) is 0 Å². The van der Waals surface area contributed by atoms with Crippen molar-refractivity contribution < 1.29 is 13.2 Å². The number of nitrogens with zero attached hydrogens (tertiary/aromatic N) is 2.